The monoisotopic (exact) mass is 964 g/mol. The first kappa shape index (κ1) is 54.3. The number of nitrogens with zero attached hydrogens (tertiary/aromatic N) is 4. The molecule has 1 saturated heterocycles. The lowest BCUT2D eigenvalue weighted by molar-refractivity contribution is -0.302. The molecule has 0 spiro atoms. The van der Waals surface area contributed by atoms with Crippen molar-refractivity contribution >= 4 is 21.7 Å². The van der Waals surface area contributed by atoms with Gasteiger partial charge in [0.2, 0.25) is 5.91 Å². The van der Waals surface area contributed by atoms with Crippen molar-refractivity contribution in [1.29, 1.82) is 0 Å². The van der Waals surface area contributed by atoms with Gasteiger partial charge in [-0.25, -0.2) is 17.5 Å². The second-order valence-corrected chi connectivity index (χ2v) is 21.7. The lowest BCUT2D eigenvalue weighted by Crippen LogP contribution is -2.60. The van der Waals surface area contributed by atoms with E-state index < -0.39 is 106 Å². The predicted octanol–water partition coefficient (Wildman–Crippen LogP) is 4.04. The van der Waals surface area contributed by atoms with Crippen LogP contribution in [0.2, 0.25) is 0 Å². The molecule has 4 heterocycles. The summed E-state index contributed by atoms with van der Waals surface area (Å²) in [6, 6.07) is 5.20. The van der Waals surface area contributed by atoms with E-state index in [0.29, 0.717) is 41.9 Å². The van der Waals surface area contributed by atoms with Crippen LogP contribution < -0.4 is 5.32 Å². The van der Waals surface area contributed by atoms with E-state index in [0.717, 1.165) is 11.8 Å². The van der Waals surface area contributed by atoms with Crippen LogP contribution in [0.1, 0.15) is 98.9 Å². The molecule has 1 aromatic heterocycles. The number of benzene rings is 1. The number of fused-ring (bicyclic) bond motifs is 4. The fraction of sp³-hybridized carbons (Fsp3) is 0.708. The Morgan fingerprint density at radius 2 is 1.79 bits per heavy atom. The number of likely N-dealkylation sites (N-methyl/N-ethyl adjacent to an activating group) is 1. The van der Waals surface area contributed by atoms with E-state index in [1.54, 1.807) is 46.0 Å². The lowest BCUT2D eigenvalue weighted by Gasteiger charge is -2.48. The van der Waals surface area contributed by atoms with Gasteiger partial charge in [-0.1, -0.05) is 50.3 Å². The number of carbonyl (C=O) groups is 2. The van der Waals surface area contributed by atoms with E-state index in [9.17, 15) is 37.7 Å². The number of amides is 1. The van der Waals surface area contributed by atoms with Crippen molar-refractivity contribution in [3.05, 3.63) is 65.1 Å². The molecule has 17 nitrogen and oxygen atoms in total. The minimum absolute atomic E-state index is 0.0155. The standard InChI is InChI=1S/C48H74FN5O12S/c1-13-39-48(10,59)44-30(5)40(50-33(8)55)28(3)22-47(9,63-26-27(2)25-62-44)43(31(6)41(56)32(7)45(58)65-39)66-46-42(57)38(20-29(4)64-46)53(11)19-18-35-24-54(52-51-35)36(23-49)21-34-14-16-37(17-15-34)67(12,60)61/h14-17,24,29-32,36,38-39,41-44,46,56-57,59H,2,13,18-23,25-26H2,1,3-12H3,(H,50,55)/b40-28+/t29-,30+,31+,32-,36+,38+,39-,41+,42-,43-,44-,46+,47-,48-/m1/s1. The van der Waals surface area contributed by atoms with Gasteiger partial charge in [0, 0.05) is 62.3 Å². The zero-order valence-electron chi connectivity index (χ0n) is 41.0. The summed E-state index contributed by atoms with van der Waals surface area (Å²) in [7, 11) is -1.50. The fourth-order valence-corrected chi connectivity index (χ4v) is 10.6. The highest BCUT2D eigenvalue weighted by Crippen LogP contribution is 2.41. The average molecular weight is 964 g/mol. The summed E-state index contributed by atoms with van der Waals surface area (Å²) in [6.07, 6.45) is -3.04. The molecule has 1 aromatic carbocycles. The zero-order valence-corrected chi connectivity index (χ0v) is 41.8. The second kappa shape index (κ2) is 22.4. The molecule has 376 valence electrons. The Kier molecular flexibility index (Phi) is 18.1. The Hall–Kier alpha value is -3.66. The van der Waals surface area contributed by atoms with Gasteiger partial charge in [-0.05, 0) is 84.2 Å². The van der Waals surface area contributed by atoms with Gasteiger partial charge in [-0.2, -0.15) is 0 Å². The number of aliphatic hydroxyl groups is 3. The van der Waals surface area contributed by atoms with Crippen LogP contribution in [-0.4, -0.2) is 155 Å². The molecule has 3 aliphatic rings. The molecule has 0 saturated carbocycles. The Morgan fingerprint density at radius 3 is 2.40 bits per heavy atom. The molecule has 4 N–H and O–H groups in total. The van der Waals surface area contributed by atoms with E-state index in [1.807, 2.05) is 39.6 Å². The number of ether oxygens (including phenoxy) is 5. The number of esters is 1. The van der Waals surface area contributed by atoms with Gasteiger partial charge in [0.05, 0.1) is 65.8 Å². The maximum absolute atomic E-state index is 14.3. The molecule has 3 aliphatic heterocycles. The summed E-state index contributed by atoms with van der Waals surface area (Å²) >= 11 is 0. The number of alkyl halides is 1. The Morgan fingerprint density at radius 1 is 1.12 bits per heavy atom. The second-order valence-electron chi connectivity index (χ2n) is 19.6. The number of sulfone groups is 1. The molecule has 2 bridgehead atoms. The van der Waals surface area contributed by atoms with Gasteiger partial charge in [-0.15, -0.1) is 5.10 Å². The third-order valence-electron chi connectivity index (χ3n) is 13.8. The first-order chi connectivity index (χ1) is 31.3. The molecule has 67 heavy (non-hydrogen) atoms. The molecule has 2 aromatic rings. The largest absolute Gasteiger partial charge is 0.459 e. The molecule has 1 fully saturated rings. The third kappa shape index (κ3) is 13.0. The van der Waals surface area contributed by atoms with Crippen molar-refractivity contribution in [2.24, 2.45) is 17.8 Å². The van der Waals surface area contributed by atoms with Crippen molar-refractivity contribution in [1.82, 2.24) is 25.2 Å². The number of aliphatic hydroxyl groups excluding tert-OH is 2. The predicted molar refractivity (Wildman–Crippen MR) is 247 cm³/mol. The highest BCUT2D eigenvalue weighted by atomic mass is 32.2. The minimum atomic E-state index is -3.37. The van der Waals surface area contributed by atoms with Gasteiger partial charge < -0.3 is 49.2 Å². The van der Waals surface area contributed by atoms with Crippen molar-refractivity contribution in [3.63, 3.8) is 0 Å². The number of halogens is 1. The van der Waals surface area contributed by atoms with E-state index in [4.69, 9.17) is 23.7 Å². The van der Waals surface area contributed by atoms with Crippen molar-refractivity contribution < 1.29 is 61.4 Å². The van der Waals surface area contributed by atoms with Crippen LogP contribution >= 0.6 is 0 Å². The number of aromatic nitrogens is 3. The Balaban J connectivity index is 1.44. The van der Waals surface area contributed by atoms with E-state index in [2.05, 4.69) is 22.2 Å². The summed E-state index contributed by atoms with van der Waals surface area (Å²) < 4.78 is 72.1. The molecular formula is C48H74FN5O12S. The molecule has 0 radical (unpaired) electrons. The van der Waals surface area contributed by atoms with Crippen LogP contribution in [0, 0.1) is 17.8 Å². The number of hydrogen-bond acceptors (Lipinski definition) is 15. The summed E-state index contributed by atoms with van der Waals surface area (Å²) in [4.78, 5) is 28.9. The van der Waals surface area contributed by atoms with Gasteiger partial charge in [0.1, 0.15) is 24.5 Å². The van der Waals surface area contributed by atoms with Gasteiger partial charge in [0.25, 0.3) is 0 Å². The van der Waals surface area contributed by atoms with Gasteiger partial charge in [-0.3, -0.25) is 9.59 Å². The third-order valence-corrected chi connectivity index (χ3v) is 15.0. The van der Waals surface area contributed by atoms with E-state index >= 15 is 0 Å². The van der Waals surface area contributed by atoms with Crippen LogP contribution in [0.15, 0.2) is 58.8 Å². The number of rotatable bonds is 13. The first-order valence-corrected chi connectivity index (χ1v) is 25.2. The van der Waals surface area contributed by atoms with Gasteiger partial charge in [0.15, 0.2) is 16.1 Å². The normalized spacial score (nSPS) is 35.6. The Labute approximate surface area is 395 Å². The SMILES string of the molecule is C=C1CO[C@@H]2[C@@H](C)/C(NC(C)=O)=C(/C)C[C@@](C)(OC1)[C@H](O[C@@H]1O[C@H](C)C[C@H](N(C)CCc3cn([C@H](CF)Cc4ccc(S(C)(=O)=O)cc4)nn3)[C@H]1O)[C@@H](C)[C@H](O)[C@@H](C)C(=O)O[C@H](CC)[C@@]2(C)O. The molecular weight excluding hydrogens is 890 g/mol. The van der Waals surface area contributed by atoms with E-state index in [-0.39, 0.29) is 43.3 Å². The van der Waals surface area contributed by atoms with Crippen LogP contribution in [0.25, 0.3) is 0 Å². The molecule has 0 aliphatic carbocycles. The Bertz CT molecular complexity index is 2170. The average Bonchev–Trinajstić information content (AvgIpc) is 3.74. The lowest BCUT2D eigenvalue weighted by atomic mass is 9.76. The van der Waals surface area contributed by atoms with Crippen molar-refractivity contribution in [3.8, 4) is 0 Å². The summed E-state index contributed by atoms with van der Waals surface area (Å²) in [5.74, 6) is -3.69. The quantitative estimate of drug-likeness (QED) is 0.164. The molecule has 0 unspecified atom stereocenters. The highest BCUT2D eigenvalue weighted by molar-refractivity contribution is 7.90. The van der Waals surface area contributed by atoms with Crippen LogP contribution in [0.4, 0.5) is 4.39 Å². The molecule has 5 rings (SSSR count). The fourth-order valence-electron chi connectivity index (χ4n) is 9.94. The van der Waals surface area contributed by atoms with Crippen molar-refractivity contribution in [2.45, 2.75) is 166 Å². The maximum atomic E-state index is 14.3. The number of carbonyl (C=O) groups excluding carboxylic acids is 2. The number of hydrogen-bond donors (Lipinski definition) is 4. The maximum Gasteiger partial charge on any atom is 0.311 e. The molecule has 14 atom stereocenters. The highest BCUT2D eigenvalue weighted by Gasteiger charge is 2.52. The smallest absolute Gasteiger partial charge is 0.311 e. The van der Waals surface area contributed by atoms with Gasteiger partial charge >= 0.3 is 5.97 Å². The zero-order chi connectivity index (χ0) is 49.8. The minimum Gasteiger partial charge on any atom is -0.459 e. The number of nitrogens with one attached hydrogen (secondary N) is 1. The van der Waals surface area contributed by atoms with Crippen LogP contribution in [0.5, 0.6) is 0 Å². The van der Waals surface area contributed by atoms with E-state index in [1.165, 1.54) is 23.7 Å². The van der Waals surface area contributed by atoms with Crippen LogP contribution in [-0.2, 0) is 56.0 Å². The summed E-state index contributed by atoms with van der Waals surface area (Å²) in [6.45, 7) is 19.3. The molecule has 19 heteroatoms. The summed E-state index contributed by atoms with van der Waals surface area (Å²) in [5.41, 5.74) is -0.0378. The van der Waals surface area contributed by atoms with Crippen LogP contribution in [0.3, 0.4) is 0 Å². The molecule has 1 amide bonds. The van der Waals surface area contributed by atoms with Crippen molar-refractivity contribution in [2.75, 3.05) is 39.7 Å². The topological polar surface area (TPSA) is 221 Å². The first-order valence-electron chi connectivity index (χ1n) is 23.3. The number of cyclic esters (lactones) is 1. The summed E-state index contributed by atoms with van der Waals surface area (Å²) in [5, 5.41) is 48.0.